The molecule has 0 radical (unpaired) electrons. The van der Waals surface area contributed by atoms with E-state index < -0.39 is 23.7 Å². The van der Waals surface area contributed by atoms with Gasteiger partial charge in [-0.1, -0.05) is 44.6 Å². The van der Waals surface area contributed by atoms with Crippen LogP contribution in [0.15, 0.2) is 48.0 Å². The Kier molecular flexibility index (Phi) is 10.6. The number of Topliss-reactive ketones (excluding diaryl/α,β-unsaturated/α-hetero) is 1. The van der Waals surface area contributed by atoms with Crippen molar-refractivity contribution in [3.63, 3.8) is 0 Å². The summed E-state index contributed by atoms with van der Waals surface area (Å²) in [6, 6.07) is 10.7. The molecule has 2 aromatic carbocycles. The fraction of sp³-hybridized carbons (Fsp3) is 0.394. The van der Waals surface area contributed by atoms with Crippen molar-refractivity contribution in [2.45, 2.75) is 53.0 Å². The number of carbonyl (C=O) groups excluding carboxylic acids is 3. The minimum Gasteiger partial charge on any atom is -0.507 e. The van der Waals surface area contributed by atoms with Gasteiger partial charge in [0.25, 0.3) is 5.78 Å². The summed E-state index contributed by atoms with van der Waals surface area (Å²) in [4.78, 5) is 45.5. The Bertz CT molecular complexity index is 1540. The number of amides is 1. The van der Waals surface area contributed by atoms with Crippen LogP contribution < -0.4 is 19.1 Å². The number of ketones is 1. The van der Waals surface area contributed by atoms with Crippen LogP contribution in [-0.4, -0.2) is 55.2 Å². The van der Waals surface area contributed by atoms with Crippen molar-refractivity contribution in [1.29, 1.82) is 0 Å². The lowest BCUT2D eigenvalue weighted by Crippen LogP contribution is -2.29. The number of esters is 1. The van der Waals surface area contributed by atoms with Gasteiger partial charge < -0.3 is 24.1 Å². The molecule has 1 atom stereocenters. The average Bonchev–Trinajstić information content (AvgIpc) is 3.52. The number of aryl methyl sites for hydroxylation is 1. The highest BCUT2D eigenvalue weighted by atomic mass is 32.1. The Hall–Kier alpha value is -4.38. The minimum atomic E-state index is -1.08. The molecule has 3 aromatic rings. The van der Waals surface area contributed by atoms with E-state index in [4.69, 9.17) is 18.9 Å². The van der Waals surface area contributed by atoms with Gasteiger partial charge in [0.1, 0.15) is 16.4 Å². The minimum absolute atomic E-state index is 0.116. The summed E-state index contributed by atoms with van der Waals surface area (Å²) in [6.45, 7) is 8.94. The van der Waals surface area contributed by atoms with Gasteiger partial charge in [-0.15, -0.1) is 0 Å². The van der Waals surface area contributed by atoms with Crippen molar-refractivity contribution >= 4 is 39.9 Å². The van der Waals surface area contributed by atoms with Gasteiger partial charge in [0.15, 0.2) is 16.6 Å². The highest BCUT2D eigenvalue weighted by molar-refractivity contribution is 7.17. The maximum absolute atomic E-state index is 13.6. The van der Waals surface area contributed by atoms with Crippen LogP contribution in [0.3, 0.4) is 0 Å². The molecule has 1 unspecified atom stereocenters. The Morgan fingerprint density at radius 1 is 1.05 bits per heavy atom. The van der Waals surface area contributed by atoms with Crippen LogP contribution in [0.25, 0.3) is 5.76 Å². The summed E-state index contributed by atoms with van der Waals surface area (Å²) in [6.07, 6.45) is 2.75. The molecule has 44 heavy (non-hydrogen) atoms. The van der Waals surface area contributed by atoms with Gasteiger partial charge in [0.05, 0.1) is 44.7 Å². The number of anilines is 1. The van der Waals surface area contributed by atoms with Gasteiger partial charge >= 0.3 is 11.9 Å². The first-order chi connectivity index (χ1) is 21.1. The van der Waals surface area contributed by atoms with Gasteiger partial charge in [-0.3, -0.25) is 14.5 Å². The number of aliphatic hydroxyl groups excluding tert-OH is 1. The van der Waals surface area contributed by atoms with Crippen molar-refractivity contribution in [2.24, 2.45) is 5.92 Å². The van der Waals surface area contributed by atoms with E-state index in [-0.39, 0.29) is 21.3 Å². The van der Waals surface area contributed by atoms with Crippen LogP contribution in [0.5, 0.6) is 17.2 Å². The molecule has 0 spiro atoms. The van der Waals surface area contributed by atoms with Crippen LogP contribution in [-0.2, 0) is 14.3 Å². The van der Waals surface area contributed by atoms with Gasteiger partial charge in [-0.05, 0) is 67.6 Å². The predicted octanol–water partition coefficient (Wildman–Crippen LogP) is 6.48. The number of methoxy groups -OCH3 is 2. The van der Waals surface area contributed by atoms with Gasteiger partial charge in [0.2, 0.25) is 0 Å². The molecule has 0 bridgehead atoms. The third-order valence-corrected chi connectivity index (χ3v) is 8.29. The molecule has 234 valence electrons. The Morgan fingerprint density at radius 2 is 1.77 bits per heavy atom. The second-order valence-electron chi connectivity index (χ2n) is 10.7. The van der Waals surface area contributed by atoms with E-state index in [0.717, 1.165) is 30.6 Å². The number of ether oxygens (including phenoxy) is 4. The lowest BCUT2D eigenvalue weighted by molar-refractivity contribution is -0.132. The number of hydrogen-bond donors (Lipinski definition) is 1. The van der Waals surface area contributed by atoms with E-state index in [2.05, 4.69) is 25.8 Å². The van der Waals surface area contributed by atoms with Crippen molar-refractivity contribution < 1.29 is 38.4 Å². The lowest BCUT2D eigenvalue weighted by Gasteiger charge is -2.24. The van der Waals surface area contributed by atoms with Gasteiger partial charge in [-0.2, -0.15) is 0 Å². The number of carbonyl (C=O) groups is 3. The molecular formula is C33H38N2O8S. The highest BCUT2D eigenvalue weighted by Crippen LogP contribution is 2.45. The fourth-order valence-electron chi connectivity index (χ4n) is 4.69. The Balaban J connectivity index is 1.83. The first kappa shape index (κ1) is 32.5. The molecule has 1 aliphatic heterocycles. The topological polar surface area (TPSA) is 124 Å². The quantitative estimate of drug-likeness (QED) is 0.0750. The Morgan fingerprint density at radius 3 is 2.41 bits per heavy atom. The molecule has 2 heterocycles. The number of thiazole rings is 1. The molecular weight excluding hydrogens is 584 g/mol. The third-order valence-electron chi connectivity index (χ3n) is 7.16. The van der Waals surface area contributed by atoms with Crippen LogP contribution in [0.2, 0.25) is 0 Å². The number of nitrogens with zero attached hydrogens (tertiary/aromatic N) is 2. The maximum Gasteiger partial charge on any atom is 0.350 e. The van der Waals surface area contributed by atoms with E-state index in [1.807, 2.05) is 0 Å². The molecule has 1 fully saturated rings. The summed E-state index contributed by atoms with van der Waals surface area (Å²) in [5, 5.41) is 11.7. The first-order valence-electron chi connectivity index (χ1n) is 14.5. The van der Waals surface area contributed by atoms with E-state index >= 15 is 0 Å². The maximum atomic E-state index is 13.6. The molecule has 1 saturated heterocycles. The second kappa shape index (κ2) is 14.4. The number of benzene rings is 2. The fourth-order valence-corrected chi connectivity index (χ4v) is 5.70. The summed E-state index contributed by atoms with van der Waals surface area (Å²) < 4.78 is 22.2. The van der Waals surface area contributed by atoms with Crippen LogP contribution >= 0.6 is 11.3 Å². The summed E-state index contributed by atoms with van der Waals surface area (Å²) in [5.41, 5.74) is 1.04. The zero-order valence-electron chi connectivity index (χ0n) is 25.8. The van der Waals surface area contributed by atoms with Gasteiger partial charge in [0, 0.05) is 5.56 Å². The third kappa shape index (κ3) is 6.88. The van der Waals surface area contributed by atoms with Crippen molar-refractivity contribution in [3.05, 3.63) is 69.7 Å². The smallest absolute Gasteiger partial charge is 0.350 e. The standard InChI is InChI=1S/C33H38N2O8S/c1-7-8-16-42-23-12-9-21(10-13-23)28(36)26-27(22-11-14-24(25(18-22)40-5)43-17-15-19(2)3)35(31(38)29(26)37)33-34-20(4)30(44-33)32(39)41-6/h9-14,18-19,27,36H,7-8,15-17H2,1-6H3/b28-26-. The second-order valence-corrected chi connectivity index (χ2v) is 11.7. The normalized spacial score (nSPS) is 16.0. The zero-order chi connectivity index (χ0) is 32.0. The van der Waals surface area contributed by atoms with Crippen molar-refractivity contribution in [1.82, 2.24) is 4.98 Å². The van der Waals surface area contributed by atoms with Crippen LogP contribution in [0.1, 0.15) is 72.6 Å². The average molecular weight is 623 g/mol. The molecule has 1 aliphatic rings. The largest absolute Gasteiger partial charge is 0.507 e. The number of rotatable bonds is 13. The molecule has 4 rings (SSSR count). The molecule has 10 nitrogen and oxygen atoms in total. The summed E-state index contributed by atoms with van der Waals surface area (Å²) in [7, 11) is 2.76. The van der Waals surface area contributed by atoms with Crippen LogP contribution in [0.4, 0.5) is 5.13 Å². The molecule has 0 saturated carbocycles. The van der Waals surface area contributed by atoms with E-state index in [1.165, 1.54) is 19.1 Å². The van der Waals surface area contributed by atoms with E-state index in [1.54, 1.807) is 49.4 Å². The summed E-state index contributed by atoms with van der Waals surface area (Å²) in [5.74, 6) is -0.760. The summed E-state index contributed by atoms with van der Waals surface area (Å²) >= 11 is 0.932. The van der Waals surface area contributed by atoms with Crippen LogP contribution in [0, 0.1) is 12.8 Å². The zero-order valence-corrected chi connectivity index (χ0v) is 26.7. The molecule has 11 heteroatoms. The van der Waals surface area contributed by atoms with E-state index in [9.17, 15) is 19.5 Å². The number of unbranched alkanes of at least 4 members (excludes halogenated alkanes) is 1. The SMILES string of the molecule is CCCCOc1ccc(/C(O)=C2/C(=O)C(=O)N(c3nc(C)c(C(=O)OC)s3)C2c2ccc(OCCC(C)C)c(OC)c2)cc1. The van der Waals surface area contributed by atoms with E-state index in [0.29, 0.717) is 53.2 Å². The highest BCUT2D eigenvalue weighted by Gasteiger charge is 2.48. The lowest BCUT2D eigenvalue weighted by atomic mass is 9.95. The van der Waals surface area contributed by atoms with Crippen molar-refractivity contribution in [2.75, 3.05) is 32.3 Å². The van der Waals surface area contributed by atoms with Crippen molar-refractivity contribution in [3.8, 4) is 17.2 Å². The molecule has 1 N–H and O–H groups in total. The molecule has 1 amide bonds. The predicted molar refractivity (Wildman–Crippen MR) is 168 cm³/mol. The molecule has 0 aliphatic carbocycles. The number of aromatic nitrogens is 1. The first-order valence-corrected chi connectivity index (χ1v) is 15.3. The number of aliphatic hydroxyl groups is 1. The van der Waals surface area contributed by atoms with Gasteiger partial charge in [-0.25, -0.2) is 9.78 Å². The number of hydrogen-bond acceptors (Lipinski definition) is 10. The monoisotopic (exact) mass is 622 g/mol. The molecule has 1 aromatic heterocycles. The Labute approximate surface area is 261 Å².